The van der Waals surface area contributed by atoms with Gasteiger partial charge in [0.15, 0.2) is 0 Å². The van der Waals surface area contributed by atoms with Gasteiger partial charge in [-0.3, -0.25) is 0 Å². The number of hydrogen-bond acceptors (Lipinski definition) is 5. The predicted octanol–water partition coefficient (Wildman–Crippen LogP) is 2.53. The molecule has 130 valence electrons. The van der Waals surface area contributed by atoms with Crippen molar-refractivity contribution in [3.05, 3.63) is 18.1 Å². The zero-order chi connectivity index (χ0) is 16.4. The number of piperidine rings is 1. The van der Waals surface area contributed by atoms with Gasteiger partial charge in [-0.05, 0) is 51.6 Å². The normalized spacial score (nSPS) is 23.5. The van der Waals surface area contributed by atoms with Gasteiger partial charge in [-0.2, -0.15) is 14.6 Å². The molecule has 0 aromatic carbocycles. The molecule has 1 atom stereocenters. The number of fused-ring (bicyclic) bond motifs is 1. The van der Waals surface area contributed by atoms with Crippen LogP contribution in [0.3, 0.4) is 0 Å². The number of nitrogens with zero attached hydrogens (tertiary/aromatic N) is 6. The lowest BCUT2D eigenvalue weighted by Crippen LogP contribution is -2.42. The molecule has 4 heterocycles. The van der Waals surface area contributed by atoms with Gasteiger partial charge < -0.3 is 9.80 Å². The van der Waals surface area contributed by atoms with Crippen LogP contribution in [0.15, 0.2) is 12.4 Å². The van der Waals surface area contributed by atoms with Crippen LogP contribution in [0.5, 0.6) is 0 Å². The molecule has 2 saturated heterocycles. The lowest BCUT2D eigenvalue weighted by Gasteiger charge is -2.36. The zero-order valence-corrected chi connectivity index (χ0v) is 14.7. The minimum absolute atomic E-state index is 0.708. The summed E-state index contributed by atoms with van der Waals surface area (Å²) >= 11 is 0. The molecule has 0 radical (unpaired) electrons. The first-order valence-corrected chi connectivity index (χ1v) is 9.44. The van der Waals surface area contributed by atoms with E-state index in [0.29, 0.717) is 5.78 Å². The van der Waals surface area contributed by atoms with Crippen molar-refractivity contribution < 1.29 is 0 Å². The Hall–Kier alpha value is -1.69. The number of rotatable bonds is 3. The average Bonchev–Trinajstić information content (AvgIpc) is 2.90. The highest BCUT2D eigenvalue weighted by Gasteiger charge is 2.24. The molecule has 0 N–H and O–H groups in total. The van der Waals surface area contributed by atoms with Gasteiger partial charge in [0.05, 0.1) is 0 Å². The molecule has 0 amide bonds. The van der Waals surface area contributed by atoms with Crippen LogP contribution in [-0.4, -0.2) is 57.2 Å². The highest BCUT2D eigenvalue weighted by Crippen LogP contribution is 2.25. The van der Waals surface area contributed by atoms with E-state index >= 15 is 0 Å². The number of aryl methyl sites for hydroxylation is 1. The standard InChI is InChI=1S/C18H28N6/c1-15-11-17(24-18(21-15)19-14-20-24)23-10-6-7-16(13-23)12-22-8-4-2-3-5-9-22/h11,14,16H,2-10,12-13H2,1H3/t16-/m1/s1. The Bertz CT molecular complexity index is 673. The molecular formula is C18H28N6. The molecule has 0 bridgehead atoms. The molecule has 0 aliphatic carbocycles. The zero-order valence-electron chi connectivity index (χ0n) is 14.7. The van der Waals surface area contributed by atoms with Gasteiger partial charge in [0.2, 0.25) is 0 Å². The van der Waals surface area contributed by atoms with Gasteiger partial charge in [-0.25, -0.2) is 4.98 Å². The number of aromatic nitrogens is 4. The van der Waals surface area contributed by atoms with Crippen molar-refractivity contribution in [1.82, 2.24) is 24.5 Å². The molecule has 2 fully saturated rings. The van der Waals surface area contributed by atoms with E-state index in [4.69, 9.17) is 0 Å². The first-order chi connectivity index (χ1) is 11.8. The minimum Gasteiger partial charge on any atom is -0.356 e. The van der Waals surface area contributed by atoms with Crippen molar-refractivity contribution in [1.29, 1.82) is 0 Å². The Labute approximate surface area is 143 Å². The minimum atomic E-state index is 0.708. The fraction of sp³-hybridized carbons (Fsp3) is 0.722. The van der Waals surface area contributed by atoms with Crippen molar-refractivity contribution in [2.75, 3.05) is 37.6 Å². The van der Waals surface area contributed by atoms with Crippen molar-refractivity contribution in [3.63, 3.8) is 0 Å². The van der Waals surface area contributed by atoms with Crippen LogP contribution >= 0.6 is 0 Å². The molecule has 24 heavy (non-hydrogen) atoms. The average molecular weight is 328 g/mol. The lowest BCUT2D eigenvalue weighted by molar-refractivity contribution is 0.222. The largest absolute Gasteiger partial charge is 0.356 e. The third kappa shape index (κ3) is 3.38. The van der Waals surface area contributed by atoms with Gasteiger partial charge in [0.1, 0.15) is 12.1 Å². The highest BCUT2D eigenvalue weighted by molar-refractivity contribution is 5.47. The van der Waals surface area contributed by atoms with E-state index < -0.39 is 0 Å². The molecule has 0 unspecified atom stereocenters. The third-order valence-corrected chi connectivity index (χ3v) is 5.42. The second-order valence-electron chi connectivity index (χ2n) is 7.40. The SMILES string of the molecule is Cc1cc(N2CCC[C@H](CN3CCCCCC3)C2)n2ncnc2n1. The van der Waals surface area contributed by atoms with Crippen molar-refractivity contribution in [2.45, 2.75) is 45.4 Å². The molecule has 2 aliphatic heterocycles. The van der Waals surface area contributed by atoms with Gasteiger partial charge in [-0.1, -0.05) is 12.8 Å². The van der Waals surface area contributed by atoms with Crippen molar-refractivity contribution in [2.24, 2.45) is 5.92 Å². The van der Waals surface area contributed by atoms with E-state index in [1.807, 2.05) is 11.4 Å². The Balaban J connectivity index is 1.48. The summed E-state index contributed by atoms with van der Waals surface area (Å²) < 4.78 is 1.89. The molecule has 0 saturated carbocycles. The van der Waals surface area contributed by atoms with E-state index in [2.05, 4.69) is 30.9 Å². The maximum absolute atomic E-state index is 4.47. The molecule has 0 spiro atoms. The first-order valence-electron chi connectivity index (χ1n) is 9.44. The van der Waals surface area contributed by atoms with Gasteiger partial charge in [0, 0.05) is 31.4 Å². The predicted molar refractivity (Wildman–Crippen MR) is 95.4 cm³/mol. The Morgan fingerprint density at radius 1 is 1.08 bits per heavy atom. The number of hydrogen-bond donors (Lipinski definition) is 0. The van der Waals surface area contributed by atoms with E-state index in [1.54, 1.807) is 6.33 Å². The van der Waals surface area contributed by atoms with Gasteiger partial charge >= 0.3 is 0 Å². The summed E-state index contributed by atoms with van der Waals surface area (Å²) in [6.07, 6.45) is 9.78. The summed E-state index contributed by atoms with van der Waals surface area (Å²) in [5.74, 6) is 2.61. The van der Waals surface area contributed by atoms with Crippen LogP contribution in [0.4, 0.5) is 5.82 Å². The summed E-state index contributed by atoms with van der Waals surface area (Å²) in [6.45, 7) is 8.10. The first kappa shape index (κ1) is 15.8. The fourth-order valence-electron chi connectivity index (χ4n) is 4.24. The maximum Gasteiger partial charge on any atom is 0.254 e. The van der Waals surface area contributed by atoms with E-state index in [0.717, 1.165) is 30.5 Å². The number of likely N-dealkylation sites (tertiary alicyclic amines) is 1. The van der Waals surface area contributed by atoms with Crippen LogP contribution in [0.25, 0.3) is 5.78 Å². The third-order valence-electron chi connectivity index (χ3n) is 5.42. The highest BCUT2D eigenvalue weighted by atomic mass is 15.4. The Morgan fingerprint density at radius 3 is 2.75 bits per heavy atom. The molecule has 6 heteroatoms. The molecule has 4 rings (SSSR count). The summed E-state index contributed by atoms with van der Waals surface area (Å²) in [4.78, 5) is 13.9. The monoisotopic (exact) mass is 328 g/mol. The second-order valence-corrected chi connectivity index (χ2v) is 7.40. The quantitative estimate of drug-likeness (QED) is 0.866. The van der Waals surface area contributed by atoms with Crippen molar-refractivity contribution in [3.8, 4) is 0 Å². The number of anilines is 1. The van der Waals surface area contributed by atoms with Crippen LogP contribution in [-0.2, 0) is 0 Å². The van der Waals surface area contributed by atoms with Crippen LogP contribution in [0, 0.1) is 12.8 Å². The van der Waals surface area contributed by atoms with Gasteiger partial charge in [0.25, 0.3) is 5.78 Å². The summed E-state index contributed by atoms with van der Waals surface area (Å²) in [6, 6.07) is 2.15. The molecular weight excluding hydrogens is 300 g/mol. The molecule has 2 aromatic heterocycles. The topological polar surface area (TPSA) is 49.6 Å². The smallest absolute Gasteiger partial charge is 0.254 e. The molecule has 6 nitrogen and oxygen atoms in total. The molecule has 2 aliphatic rings. The molecule has 2 aromatic rings. The summed E-state index contributed by atoms with van der Waals surface area (Å²) in [5, 5.41) is 4.38. The Kier molecular flexibility index (Phi) is 4.65. The Morgan fingerprint density at radius 2 is 1.92 bits per heavy atom. The van der Waals surface area contributed by atoms with Crippen molar-refractivity contribution >= 4 is 11.6 Å². The fourth-order valence-corrected chi connectivity index (χ4v) is 4.24. The summed E-state index contributed by atoms with van der Waals surface area (Å²) in [7, 11) is 0. The van der Waals surface area contributed by atoms with Crippen LogP contribution < -0.4 is 4.90 Å². The van der Waals surface area contributed by atoms with E-state index in [1.165, 1.54) is 58.2 Å². The summed E-state index contributed by atoms with van der Waals surface area (Å²) in [5.41, 5.74) is 1.01. The van der Waals surface area contributed by atoms with E-state index in [-0.39, 0.29) is 0 Å². The van der Waals surface area contributed by atoms with Crippen LogP contribution in [0.2, 0.25) is 0 Å². The lowest BCUT2D eigenvalue weighted by atomic mass is 9.97. The maximum atomic E-state index is 4.47. The van der Waals surface area contributed by atoms with Gasteiger partial charge in [-0.15, -0.1) is 0 Å². The second kappa shape index (κ2) is 7.05. The van der Waals surface area contributed by atoms with Crippen LogP contribution in [0.1, 0.15) is 44.2 Å². The van der Waals surface area contributed by atoms with E-state index in [9.17, 15) is 0 Å².